The van der Waals surface area contributed by atoms with Gasteiger partial charge in [0, 0.05) is 18.1 Å². The van der Waals surface area contributed by atoms with Crippen LogP contribution in [0.25, 0.3) is 0 Å². The number of rotatable bonds is 2. The van der Waals surface area contributed by atoms with Crippen LogP contribution in [0.3, 0.4) is 0 Å². The van der Waals surface area contributed by atoms with Gasteiger partial charge in [0.05, 0.1) is 6.04 Å². The number of hydrogen-bond donors (Lipinski definition) is 2. The summed E-state index contributed by atoms with van der Waals surface area (Å²) in [6.45, 7) is 1.06. The number of hydrogen-bond acceptors (Lipinski definition) is 3. The maximum absolute atomic E-state index is 12.7. The fourth-order valence-electron chi connectivity index (χ4n) is 5.50. The van der Waals surface area contributed by atoms with Gasteiger partial charge in [0.2, 0.25) is 5.91 Å². The highest BCUT2D eigenvalue weighted by atomic mass is 16.2. The minimum atomic E-state index is 0.0944. The average molecular weight is 291 g/mol. The average Bonchev–Trinajstić information content (AvgIpc) is 3.02. The predicted octanol–water partition coefficient (Wildman–Crippen LogP) is 1.51. The van der Waals surface area contributed by atoms with Crippen LogP contribution in [0, 0.1) is 11.8 Å². The van der Waals surface area contributed by atoms with E-state index in [0.29, 0.717) is 24.0 Å². The van der Waals surface area contributed by atoms with Crippen LogP contribution in [0.5, 0.6) is 0 Å². The highest BCUT2D eigenvalue weighted by molar-refractivity contribution is 5.83. The van der Waals surface area contributed by atoms with E-state index in [4.69, 9.17) is 0 Å². The molecule has 0 aromatic rings. The molecule has 4 aliphatic rings. The Balaban J connectivity index is 1.37. The quantitative estimate of drug-likeness (QED) is 0.810. The fraction of sp³-hybridized carbons (Fsp3) is 0.941. The molecular weight excluding hydrogens is 262 g/mol. The van der Waals surface area contributed by atoms with Gasteiger partial charge in [0.15, 0.2) is 0 Å². The Hall–Kier alpha value is -0.610. The van der Waals surface area contributed by atoms with Crippen molar-refractivity contribution >= 4 is 5.91 Å². The topological polar surface area (TPSA) is 44.4 Å². The second-order valence-corrected chi connectivity index (χ2v) is 7.82. The monoisotopic (exact) mass is 291 g/mol. The molecule has 1 aliphatic carbocycles. The Morgan fingerprint density at radius 3 is 2.57 bits per heavy atom. The van der Waals surface area contributed by atoms with Gasteiger partial charge < -0.3 is 15.5 Å². The molecule has 5 unspecified atom stereocenters. The molecule has 1 amide bonds. The van der Waals surface area contributed by atoms with Crippen molar-refractivity contribution in [2.24, 2.45) is 11.8 Å². The summed E-state index contributed by atoms with van der Waals surface area (Å²) < 4.78 is 0. The summed E-state index contributed by atoms with van der Waals surface area (Å²) in [6.07, 6.45) is 10.2. The molecule has 4 rings (SSSR count). The van der Waals surface area contributed by atoms with E-state index in [1.54, 1.807) is 0 Å². The highest BCUT2D eigenvalue weighted by Gasteiger charge is 2.43. The summed E-state index contributed by atoms with van der Waals surface area (Å²) in [7, 11) is 2.27. The van der Waals surface area contributed by atoms with Crippen molar-refractivity contribution in [3.8, 4) is 0 Å². The molecule has 3 saturated heterocycles. The summed E-state index contributed by atoms with van der Waals surface area (Å²) in [4.78, 5) is 15.2. The van der Waals surface area contributed by atoms with Gasteiger partial charge in [0.1, 0.15) is 0 Å². The zero-order chi connectivity index (χ0) is 14.4. The lowest BCUT2D eigenvalue weighted by Crippen LogP contribution is -2.57. The largest absolute Gasteiger partial charge is 0.352 e. The van der Waals surface area contributed by atoms with Gasteiger partial charge in [-0.05, 0) is 64.0 Å². The number of fused-ring (bicyclic) bond motifs is 3. The molecule has 5 atom stereocenters. The van der Waals surface area contributed by atoms with Crippen molar-refractivity contribution < 1.29 is 4.79 Å². The summed E-state index contributed by atoms with van der Waals surface area (Å²) in [5.41, 5.74) is 0. The van der Waals surface area contributed by atoms with E-state index in [1.807, 2.05) is 0 Å². The van der Waals surface area contributed by atoms with Crippen LogP contribution in [0.1, 0.15) is 51.4 Å². The fourth-order valence-corrected chi connectivity index (χ4v) is 5.50. The SMILES string of the molecule is CN1C2CCCC1CC(NC(=O)C1NCC3CCCC31)C2. The summed E-state index contributed by atoms with van der Waals surface area (Å²) >= 11 is 0. The third-order valence-electron chi connectivity index (χ3n) is 6.71. The van der Waals surface area contributed by atoms with Crippen LogP contribution in [0.15, 0.2) is 0 Å². The van der Waals surface area contributed by atoms with Crippen molar-refractivity contribution in [3.63, 3.8) is 0 Å². The first-order chi connectivity index (χ1) is 10.2. The van der Waals surface area contributed by atoms with Crippen molar-refractivity contribution in [2.75, 3.05) is 13.6 Å². The smallest absolute Gasteiger partial charge is 0.237 e. The minimum absolute atomic E-state index is 0.0944. The molecule has 3 heterocycles. The summed E-state index contributed by atoms with van der Waals surface area (Å²) in [6, 6.07) is 1.89. The van der Waals surface area contributed by atoms with Crippen molar-refractivity contribution in [3.05, 3.63) is 0 Å². The lowest BCUT2D eigenvalue weighted by Gasteiger charge is -2.47. The highest BCUT2D eigenvalue weighted by Crippen LogP contribution is 2.38. The molecule has 0 aromatic carbocycles. The van der Waals surface area contributed by atoms with Gasteiger partial charge in [0.25, 0.3) is 0 Å². The Kier molecular flexibility index (Phi) is 3.70. The third-order valence-corrected chi connectivity index (χ3v) is 6.71. The maximum Gasteiger partial charge on any atom is 0.237 e. The molecule has 1 saturated carbocycles. The molecule has 3 aliphatic heterocycles. The van der Waals surface area contributed by atoms with Crippen molar-refractivity contribution in [1.82, 2.24) is 15.5 Å². The molecule has 0 spiro atoms. The number of carbonyl (C=O) groups is 1. The molecule has 2 bridgehead atoms. The Morgan fingerprint density at radius 2 is 1.81 bits per heavy atom. The number of carbonyl (C=O) groups excluding carboxylic acids is 1. The van der Waals surface area contributed by atoms with Crippen molar-refractivity contribution in [1.29, 1.82) is 0 Å². The van der Waals surface area contributed by atoms with E-state index in [0.717, 1.165) is 25.3 Å². The number of piperidine rings is 2. The molecule has 2 N–H and O–H groups in total. The van der Waals surface area contributed by atoms with Crippen LogP contribution < -0.4 is 10.6 Å². The molecular formula is C17H29N3O. The number of nitrogens with zero attached hydrogens (tertiary/aromatic N) is 1. The normalized spacial score (nSPS) is 46.3. The van der Waals surface area contributed by atoms with Gasteiger partial charge in [-0.25, -0.2) is 0 Å². The zero-order valence-electron chi connectivity index (χ0n) is 13.2. The molecule has 0 radical (unpaired) electrons. The van der Waals surface area contributed by atoms with Crippen molar-refractivity contribution in [2.45, 2.75) is 75.5 Å². The van der Waals surface area contributed by atoms with Crippen LogP contribution in [-0.4, -0.2) is 48.6 Å². The Bertz CT molecular complexity index is 399. The van der Waals surface area contributed by atoms with Gasteiger partial charge >= 0.3 is 0 Å². The lowest BCUT2D eigenvalue weighted by atomic mass is 9.82. The van der Waals surface area contributed by atoms with Gasteiger partial charge in [-0.3, -0.25) is 4.79 Å². The van der Waals surface area contributed by atoms with E-state index in [-0.39, 0.29) is 11.9 Å². The number of nitrogens with one attached hydrogen (secondary N) is 2. The first kappa shape index (κ1) is 14.0. The van der Waals surface area contributed by atoms with E-state index in [2.05, 4.69) is 22.6 Å². The molecule has 4 heteroatoms. The van der Waals surface area contributed by atoms with Crippen LogP contribution in [0.4, 0.5) is 0 Å². The van der Waals surface area contributed by atoms with E-state index >= 15 is 0 Å². The van der Waals surface area contributed by atoms with Gasteiger partial charge in [-0.1, -0.05) is 12.8 Å². The third kappa shape index (κ3) is 2.50. The van der Waals surface area contributed by atoms with E-state index in [9.17, 15) is 4.79 Å². The molecule has 4 nitrogen and oxygen atoms in total. The maximum atomic E-state index is 12.7. The zero-order valence-corrected chi connectivity index (χ0v) is 13.2. The molecule has 4 fully saturated rings. The number of amides is 1. The van der Waals surface area contributed by atoms with Crippen LogP contribution in [-0.2, 0) is 4.79 Å². The standard InChI is InChI=1S/C17H29N3O/c1-20-13-5-3-6-14(20)9-12(8-13)19-17(21)16-15-7-2-4-11(15)10-18-16/h11-16,18H,2-10H2,1H3,(H,19,21). The van der Waals surface area contributed by atoms with E-state index < -0.39 is 0 Å². The first-order valence-electron chi connectivity index (χ1n) is 8.98. The van der Waals surface area contributed by atoms with Gasteiger partial charge in [-0.2, -0.15) is 0 Å². The van der Waals surface area contributed by atoms with E-state index in [1.165, 1.54) is 38.5 Å². The Labute approximate surface area is 128 Å². The van der Waals surface area contributed by atoms with Gasteiger partial charge in [-0.15, -0.1) is 0 Å². The predicted molar refractivity (Wildman–Crippen MR) is 83.0 cm³/mol. The van der Waals surface area contributed by atoms with Crippen LogP contribution in [0.2, 0.25) is 0 Å². The molecule has 21 heavy (non-hydrogen) atoms. The summed E-state index contributed by atoms with van der Waals surface area (Å²) in [5, 5.41) is 6.88. The lowest BCUT2D eigenvalue weighted by molar-refractivity contribution is -0.125. The Morgan fingerprint density at radius 1 is 1.10 bits per heavy atom. The molecule has 118 valence electrons. The summed E-state index contributed by atoms with van der Waals surface area (Å²) in [5.74, 6) is 1.66. The molecule has 0 aromatic heterocycles. The second-order valence-electron chi connectivity index (χ2n) is 7.82. The minimum Gasteiger partial charge on any atom is -0.352 e. The van der Waals surface area contributed by atoms with Crippen LogP contribution >= 0.6 is 0 Å². The second kappa shape index (κ2) is 5.54. The first-order valence-corrected chi connectivity index (χ1v) is 8.98.